The van der Waals surface area contributed by atoms with Crippen LogP contribution in [0.15, 0.2) is 51.7 Å². The standard InChI is InChI=1S/C24H23ClN4O4S3/c1-24(2,3)23(32)29-22(34-13-16-5-6-19(25)36-16)9-17(27-29)14-7-20(31)28(21(8-14)33-4)11-18(30)15-10-26-35-12-15/h5-10,12H,11,13H2,1-4H3. The number of hydrogen-bond acceptors (Lipinski definition) is 9. The molecule has 188 valence electrons. The van der Waals surface area contributed by atoms with E-state index in [9.17, 15) is 14.4 Å². The second-order valence-corrected chi connectivity index (χ2v) is 12.3. The maximum atomic E-state index is 13.2. The number of halogens is 1. The molecule has 0 aliphatic rings. The van der Waals surface area contributed by atoms with Gasteiger partial charge in [-0.25, -0.2) is 4.37 Å². The third kappa shape index (κ3) is 5.80. The Bertz CT molecular complexity index is 1470. The summed E-state index contributed by atoms with van der Waals surface area (Å²) >= 11 is 10.2. The Morgan fingerprint density at radius 2 is 1.97 bits per heavy atom. The van der Waals surface area contributed by atoms with E-state index in [1.165, 1.54) is 63.3 Å². The van der Waals surface area contributed by atoms with Gasteiger partial charge in [-0.2, -0.15) is 9.78 Å². The van der Waals surface area contributed by atoms with Crippen LogP contribution >= 0.6 is 46.2 Å². The number of Topliss-reactive ketones (excluding diaryl/α,β-unsaturated/α-hetero) is 1. The van der Waals surface area contributed by atoms with Crippen molar-refractivity contribution >= 4 is 57.9 Å². The van der Waals surface area contributed by atoms with E-state index in [0.717, 1.165) is 4.88 Å². The van der Waals surface area contributed by atoms with E-state index in [1.54, 1.807) is 17.5 Å². The van der Waals surface area contributed by atoms with Gasteiger partial charge in [-0.3, -0.25) is 19.0 Å². The Morgan fingerprint density at radius 1 is 1.19 bits per heavy atom. The first-order chi connectivity index (χ1) is 17.1. The summed E-state index contributed by atoms with van der Waals surface area (Å²) in [5, 5.41) is 6.84. The van der Waals surface area contributed by atoms with Crippen LogP contribution in [-0.2, 0) is 12.3 Å². The summed E-state index contributed by atoms with van der Waals surface area (Å²) in [4.78, 5) is 39.8. The number of thiophene rings is 1. The molecule has 36 heavy (non-hydrogen) atoms. The highest BCUT2D eigenvalue weighted by molar-refractivity contribution is 7.98. The second-order valence-electron chi connectivity index (χ2n) is 8.88. The van der Waals surface area contributed by atoms with Crippen LogP contribution in [0.1, 0.15) is 40.8 Å². The fourth-order valence-electron chi connectivity index (χ4n) is 3.27. The third-order valence-corrected chi connectivity index (χ3v) is 8.19. The topological polar surface area (TPSA) is 96.1 Å². The van der Waals surface area contributed by atoms with Gasteiger partial charge < -0.3 is 4.74 Å². The summed E-state index contributed by atoms with van der Waals surface area (Å²) < 4.78 is 12.7. The van der Waals surface area contributed by atoms with E-state index in [2.05, 4.69) is 9.47 Å². The molecule has 12 heteroatoms. The normalized spacial score (nSPS) is 11.6. The lowest BCUT2D eigenvalue weighted by atomic mass is 9.96. The van der Waals surface area contributed by atoms with Crippen molar-refractivity contribution in [1.82, 2.24) is 18.7 Å². The van der Waals surface area contributed by atoms with Crippen LogP contribution in [-0.4, -0.2) is 37.5 Å². The number of hydrogen-bond donors (Lipinski definition) is 0. The molecule has 4 aromatic heterocycles. The zero-order valence-corrected chi connectivity index (χ0v) is 23.2. The molecule has 0 aromatic carbocycles. The van der Waals surface area contributed by atoms with Crippen molar-refractivity contribution < 1.29 is 14.3 Å². The Balaban J connectivity index is 1.69. The van der Waals surface area contributed by atoms with Crippen molar-refractivity contribution in [2.45, 2.75) is 38.1 Å². The molecule has 4 rings (SSSR count). The van der Waals surface area contributed by atoms with Crippen molar-refractivity contribution in [3.63, 3.8) is 0 Å². The van der Waals surface area contributed by atoms with Gasteiger partial charge in [-0.05, 0) is 29.7 Å². The molecule has 0 aliphatic carbocycles. The molecule has 0 radical (unpaired) electrons. The molecule has 0 fully saturated rings. The van der Waals surface area contributed by atoms with Crippen LogP contribution < -0.4 is 10.3 Å². The van der Waals surface area contributed by atoms with Crippen molar-refractivity contribution in [3.8, 4) is 17.1 Å². The number of ether oxygens (including phenoxy) is 1. The van der Waals surface area contributed by atoms with Gasteiger partial charge in [0.25, 0.3) is 11.5 Å². The molecule has 0 amide bonds. The van der Waals surface area contributed by atoms with Crippen LogP contribution in [0.4, 0.5) is 0 Å². The zero-order chi connectivity index (χ0) is 26.0. The summed E-state index contributed by atoms with van der Waals surface area (Å²) in [6.07, 6.45) is 1.47. The predicted octanol–water partition coefficient (Wildman–Crippen LogP) is 5.75. The van der Waals surface area contributed by atoms with Crippen LogP contribution in [0, 0.1) is 5.41 Å². The fraction of sp³-hybridized carbons (Fsp3) is 0.292. The summed E-state index contributed by atoms with van der Waals surface area (Å²) in [5.41, 5.74) is 0.295. The second kappa shape index (κ2) is 10.7. The molecule has 0 spiro atoms. The largest absolute Gasteiger partial charge is 0.482 e. The maximum absolute atomic E-state index is 13.2. The highest BCUT2D eigenvalue weighted by Gasteiger charge is 2.27. The molecule has 0 atom stereocenters. The number of ketones is 1. The van der Waals surface area contributed by atoms with Crippen LogP contribution in [0.2, 0.25) is 4.34 Å². The summed E-state index contributed by atoms with van der Waals surface area (Å²) in [7, 11) is 1.43. The molecule has 4 aromatic rings. The number of carbonyl (C=O) groups is 2. The highest BCUT2D eigenvalue weighted by Crippen LogP contribution is 2.33. The smallest absolute Gasteiger partial charge is 0.254 e. The minimum Gasteiger partial charge on any atom is -0.482 e. The monoisotopic (exact) mass is 562 g/mol. The van der Waals surface area contributed by atoms with Gasteiger partial charge in [0.05, 0.1) is 35.4 Å². The van der Waals surface area contributed by atoms with Gasteiger partial charge in [0.1, 0.15) is 5.03 Å². The van der Waals surface area contributed by atoms with Crippen LogP contribution in [0.5, 0.6) is 5.88 Å². The molecule has 0 N–H and O–H groups in total. The first kappa shape index (κ1) is 26.3. The van der Waals surface area contributed by atoms with Gasteiger partial charge >= 0.3 is 0 Å². The first-order valence-corrected chi connectivity index (χ1v) is 13.8. The van der Waals surface area contributed by atoms with Gasteiger partial charge in [-0.15, -0.1) is 23.1 Å². The molecular formula is C24H23ClN4O4S3. The average Bonchev–Trinajstić information content (AvgIpc) is 3.58. The van der Waals surface area contributed by atoms with Crippen molar-refractivity contribution in [2.24, 2.45) is 5.41 Å². The number of pyridine rings is 1. The Morgan fingerprint density at radius 3 is 2.58 bits per heavy atom. The van der Waals surface area contributed by atoms with Gasteiger partial charge in [0.2, 0.25) is 0 Å². The summed E-state index contributed by atoms with van der Waals surface area (Å²) in [5.74, 6) is 0.415. The minimum atomic E-state index is -0.664. The Labute approximate surface area is 225 Å². The zero-order valence-electron chi connectivity index (χ0n) is 20.0. The predicted molar refractivity (Wildman–Crippen MR) is 144 cm³/mol. The average molecular weight is 563 g/mol. The molecule has 0 bridgehead atoms. The maximum Gasteiger partial charge on any atom is 0.254 e. The van der Waals surface area contributed by atoms with E-state index >= 15 is 0 Å². The lowest BCUT2D eigenvalue weighted by molar-refractivity contribution is 0.0736. The number of aromatic nitrogens is 4. The number of rotatable bonds is 8. The fourth-order valence-corrected chi connectivity index (χ4v) is 5.93. The molecule has 0 unspecified atom stereocenters. The lowest BCUT2D eigenvalue weighted by Crippen LogP contribution is -2.28. The van der Waals surface area contributed by atoms with Crippen molar-refractivity contribution in [1.29, 1.82) is 0 Å². The van der Waals surface area contributed by atoms with E-state index in [-0.39, 0.29) is 24.1 Å². The van der Waals surface area contributed by atoms with E-state index in [0.29, 0.717) is 31.9 Å². The molecule has 0 aliphatic heterocycles. The lowest BCUT2D eigenvalue weighted by Gasteiger charge is -2.17. The van der Waals surface area contributed by atoms with Gasteiger partial charge in [0.15, 0.2) is 11.7 Å². The third-order valence-electron chi connectivity index (χ3n) is 5.15. The molecule has 8 nitrogen and oxygen atoms in total. The number of carbonyl (C=O) groups excluding carboxylic acids is 2. The first-order valence-electron chi connectivity index (χ1n) is 10.8. The molecule has 4 heterocycles. The summed E-state index contributed by atoms with van der Waals surface area (Å²) in [6, 6.07) is 8.60. The van der Waals surface area contributed by atoms with Crippen molar-refractivity contribution in [3.05, 3.63) is 67.0 Å². The molecule has 0 saturated heterocycles. The highest BCUT2D eigenvalue weighted by atomic mass is 35.5. The quantitative estimate of drug-likeness (QED) is 0.199. The van der Waals surface area contributed by atoms with Crippen molar-refractivity contribution in [2.75, 3.05) is 7.11 Å². The number of nitrogens with zero attached hydrogens (tertiary/aromatic N) is 4. The Hall–Kier alpha value is -2.73. The Kier molecular flexibility index (Phi) is 7.84. The summed E-state index contributed by atoms with van der Waals surface area (Å²) in [6.45, 7) is 5.30. The number of methoxy groups -OCH3 is 1. The van der Waals surface area contributed by atoms with Gasteiger partial charge in [-0.1, -0.05) is 32.4 Å². The molecule has 0 saturated carbocycles. The molecular weight excluding hydrogens is 540 g/mol. The van der Waals surface area contributed by atoms with E-state index in [1.807, 2.05) is 32.9 Å². The van der Waals surface area contributed by atoms with Crippen LogP contribution in [0.25, 0.3) is 11.3 Å². The van der Waals surface area contributed by atoms with E-state index < -0.39 is 11.0 Å². The van der Waals surface area contributed by atoms with Crippen LogP contribution in [0.3, 0.4) is 0 Å². The van der Waals surface area contributed by atoms with Gasteiger partial charge in [0, 0.05) is 39.1 Å². The minimum absolute atomic E-state index is 0.171. The number of thioether (sulfide) groups is 1. The SMILES string of the molecule is COc1cc(-c2cc(SCc3ccc(Cl)s3)n(C(=O)C(C)(C)C)n2)cc(=O)n1CC(=O)c1cnsc1. The van der Waals surface area contributed by atoms with E-state index in [4.69, 9.17) is 16.3 Å².